The number of aliphatic hydroxyl groups is 1. The lowest BCUT2D eigenvalue weighted by Gasteiger charge is -2.09. The minimum absolute atomic E-state index is 0.0368. The second-order valence-electron chi connectivity index (χ2n) is 4.71. The third-order valence-corrected chi connectivity index (χ3v) is 5.57. The Hall–Kier alpha value is -1.11. The summed E-state index contributed by atoms with van der Waals surface area (Å²) in [6.07, 6.45) is 4.91. The van der Waals surface area contributed by atoms with Gasteiger partial charge in [0.25, 0.3) is 5.56 Å². The van der Waals surface area contributed by atoms with Crippen molar-refractivity contribution in [3.8, 4) is 0 Å². The molecule has 0 radical (unpaired) electrons. The quantitative estimate of drug-likeness (QED) is 0.523. The Labute approximate surface area is 125 Å². The van der Waals surface area contributed by atoms with Gasteiger partial charge in [-0.1, -0.05) is 17.8 Å². The van der Waals surface area contributed by atoms with Crippen molar-refractivity contribution in [3.05, 3.63) is 33.4 Å². The van der Waals surface area contributed by atoms with E-state index in [0.717, 1.165) is 29.5 Å². The molecule has 6 heteroatoms. The van der Waals surface area contributed by atoms with Crippen LogP contribution in [-0.4, -0.2) is 27.0 Å². The minimum Gasteiger partial charge on any atom is -0.396 e. The molecular formula is C14H16N2O2S2. The number of fused-ring (bicyclic) bond motifs is 3. The maximum Gasteiger partial charge on any atom is 0.263 e. The number of rotatable bonds is 5. The van der Waals surface area contributed by atoms with Gasteiger partial charge in [0, 0.05) is 17.2 Å². The summed E-state index contributed by atoms with van der Waals surface area (Å²) in [5.41, 5.74) is 1.24. The zero-order valence-electron chi connectivity index (χ0n) is 11.1. The number of aromatic nitrogens is 2. The van der Waals surface area contributed by atoms with Crippen molar-refractivity contribution in [2.24, 2.45) is 0 Å². The van der Waals surface area contributed by atoms with E-state index in [0.29, 0.717) is 17.5 Å². The van der Waals surface area contributed by atoms with Crippen molar-refractivity contribution in [2.45, 2.75) is 31.0 Å². The van der Waals surface area contributed by atoms with Gasteiger partial charge in [0.15, 0.2) is 5.16 Å². The Kier molecular flexibility index (Phi) is 3.96. The molecule has 2 aromatic heterocycles. The summed E-state index contributed by atoms with van der Waals surface area (Å²) in [6, 6.07) is 0. The summed E-state index contributed by atoms with van der Waals surface area (Å²) in [7, 11) is 0. The van der Waals surface area contributed by atoms with Crippen LogP contribution in [-0.2, 0) is 19.4 Å². The molecule has 106 valence electrons. The molecule has 0 fully saturated rings. The Morgan fingerprint density at radius 2 is 2.35 bits per heavy atom. The van der Waals surface area contributed by atoms with Crippen LogP contribution < -0.4 is 5.56 Å². The molecular weight excluding hydrogens is 292 g/mol. The molecule has 0 saturated heterocycles. The van der Waals surface area contributed by atoms with Gasteiger partial charge in [-0.2, -0.15) is 0 Å². The van der Waals surface area contributed by atoms with Crippen LogP contribution in [0.15, 0.2) is 22.6 Å². The maximum absolute atomic E-state index is 12.7. The fourth-order valence-electron chi connectivity index (χ4n) is 2.60. The van der Waals surface area contributed by atoms with Crippen LogP contribution in [0.5, 0.6) is 0 Å². The monoisotopic (exact) mass is 308 g/mol. The lowest BCUT2D eigenvalue weighted by molar-refractivity contribution is 0.322. The molecule has 1 aliphatic carbocycles. The van der Waals surface area contributed by atoms with E-state index >= 15 is 0 Å². The van der Waals surface area contributed by atoms with Crippen LogP contribution in [0.1, 0.15) is 16.9 Å². The predicted molar refractivity (Wildman–Crippen MR) is 83.9 cm³/mol. The molecule has 4 nitrogen and oxygen atoms in total. The zero-order chi connectivity index (χ0) is 14.1. The van der Waals surface area contributed by atoms with Gasteiger partial charge >= 0.3 is 0 Å². The van der Waals surface area contributed by atoms with Crippen LogP contribution >= 0.6 is 23.1 Å². The average molecular weight is 308 g/mol. The number of hydrogen-bond acceptors (Lipinski definition) is 5. The van der Waals surface area contributed by atoms with E-state index in [-0.39, 0.29) is 12.2 Å². The fourth-order valence-corrected chi connectivity index (χ4v) is 4.65. The van der Waals surface area contributed by atoms with E-state index in [9.17, 15) is 4.79 Å². The number of thiophene rings is 1. The molecule has 20 heavy (non-hydrogen) atoms. The van der Waals surface area contributed by atoms with Gasteiger partial charge in [-0.15, -0.1) is 17.9 Å². The number of nitrogens with zero attached hydrogens (tertiary/aromatic N) is 2. The number of hydrogen-bond donors (Lipinski definition) is 1. The SMILES string of the molecule is C=CCn1c(SCCO)nc2sc3c(c2c1=O)CCC3. The van der Waals surface area contributed by atoms with E-state index in [4.69, 9.17) is 5.11 Å². The first kappa shape index (κ1) is 13.9. The average Bonchev–Trinajstić information content (AvgIpc) is 3.00. The lowest BCUT2D eigenvalue weighted by atomic mass is 10.2. The Bertz CT molecular complexity index is 718. The van der Waals surface area contributed by atoms with E-state index in [1.807, 2.05) is 0 Å². The van der Waals surface area contributed by atoms with Gasteiger partial charge in [0.2, 0.25) is 0 Å². The molecule has 0 atom stereocenters. The number of thioether (sulfide) groups is 1. The van der Waals surface area contributed by atoms with Crippen molar-refractivity contribution in [1.82, 2.24) is 9.55 Å². The Morgan fingerprint density at radius 3 is 3.10 bits per heavy atom. The van der Waals surface area contributed by atoms with Gasteiger partial charge in [-0.05, 0) is 24.8 Å². The third kappa shape index (κ3) is 2.21. The molecule has 0 aromatic carbocycles. The first-order chi connectivity index (χ1) is 9.76. The summed E-state index contributed by atoms with van der Waals surface area (Å²) in [4.78, 5) is 19.5. The van der Waals surface area contributed by atoms with Gasteiger partial charge in [-0.3, -0.25) is 9.36 Å². The highest BCUT2D eigenvalue weighted by atomic mass is 32.2. The largest absolute Gasteiger partial charge is 0.396 e. The molecule has 1 N–H and O–H groups in total. The molecule has 2 heterocycles. The highest BCUT2D eigenvalue weighted by Crippen LogP contribution is 2.35. The second kappa shape index (κ2) is 5.71. The summed E-state index contributed by atoms with van der Waals surface area (Å²) >= 11 is 3.07. The van der Waals surface area contributed by atoms with E-state index in [1.54, 1.807) is 22.0 Å². The number of aliphatic hydroxyl groups excluding tert-OH is 1. The standard InChI is InChI=1S/C14H16N2O2S2/c1-2-6-16-13(18)11-9-4-3-5-10(9)20-12(11)15-14(16)19-8-7-17/h2,17H,1,3-8H2. The maximum atomic E-state index is 12.7. The van der Waals surface area contributed by atoms with E-state index in [1.165, 1.54) is 22.2 Å². The molecule has 0 aliphatic heterocycles. The normalized spacial score (nSPS) is 13.8. The Balaban J connectivity index is 2.21. The van der Waals surface area contributed by atoms with Gasteiger partial charge < -0.3 is 5.11 Å². The van der Waals surface area contributed by atoms with Crippen LogP contribution in [0.4, 0.5) is 0 Å². The summed E-state index contributed by atoms with van der Waals surface area (Å²) in [6.45, 7) is 4.25. The molecule has 2 aromatic rings. The summed E-state index contributed by atoms with van der Waals surface area (Å²) < 4.78 is 1.67. The van der Waals surface area contributed by atoms with Gasteiger partial charge in [0.05, 0.1) is 12.0 Å². The van der Waals surface area contributed by atoms with Crippen molar-refractivity contribution < 1.29 is 5.11 Å². The lowest BCUT2D eigenvalue weighted by Crippen LogP contribution is -2.23. The van der Waals surface area contributed by atoms with E-state index in [2.05, 4.69) is 11.6 Å². The molecule has 0 saturated carbocycles. The number of aryl methyl sites for hydroxylation is 2. The summed E-state index contributed by atoms with van der Waals surface area (Å²) in [5.74, 6) is 0.542. The minimum atomic E-state index is 0.0368. The van der Waals surface area contributed by atoms with Gasteiger partial charge in [-0.25, -0.2) is 4.98 Å². The van der Waals surface area contributed by atoms with Crippen LogP contribution in [0.3, 0.4) is 0 Å². The molecule has 0 amide bonds. The summed E-state index contributed by atoms with van der Waals surface area (Å²) in [5, 5.41) is 10.5. The van der Waals surface area contributed by atoms with Crippen LogP contribution in [0.2, 0.25) is 0 Å². The smallest absolute Gasteiger partial charge is 0.263 e. The zero-order valence-corrected chi connectivity index (χ0v) is 12.7. The van der Waals surface area contributed by atoms with Crippen molar-refractivity contribution >= 4 is 33.3 Å². The topological polar surface area (TPSA) is 55.1 Å². The molecule has 0 spiro atoms. The van der Waals surface area contributed by atoms with Crippen molar-refractivity contribution in [1.29, 1.82) is 0 Å². The first-order valence-corrected chi connectivity index (χ1v) is 8.46. The molecule has 3 rings (SSSR count). The molecule has 1 aliphatic rings. The van der Waals surface area contributed by atoms with Crippen molar-refractivity contribution in [2.75, 3.05) is 12.4 Å². The van der Waals surface area contributed by atoms with Gasteiger partial charge in [0.1, 0.15) is 4.83 Å². The Morgan fingerprint density at radius 1 is 1.50 bits per heavy atom. The fraction of sp³-hybridized carbons (Fsp3) is 0.429. The van der Waals surface area contributed by atoms with Crippen molar-refractivity contribution in [3.63, 3.8) is 0 Å². The highest BCUT2D eigenvalue weighted by Gasteiger charge is 2.22. The molecule has 0 bridgehead atoms. The molecule has 0 unspecified atom stereocenters. The van der Waals surface area contributed by atoms with Crippen LogP contribution in [0, 0.1) is 0 Å². The second-order valence-corrected chi connectivity index (χ2v) is 6.85. The highest BCUT2D eigenvalue weighted by molar-refractivity contribution is 7.99. The number of allylic oxidation sites excluding steroid dienone is 1. The van der Waals surface area contributed by atoms with E-state index < -0.39 is 0 Å². The first-order valence-electron chi connectivity index (χ1n) is 6.66. The van der Waals surface area contributed by atoms with Crippen LogP contribution in [0.25, 0.3) is 10.2 Å². The predicted octanol–water partition coefficient (Wildman–Crippen LogP) is 2.22. The third-order valence-electron chi connectivity index (χ3n) is 3.42.